The van der Waals surface area contributed by atoms with Gasteiger partial charge in [0.2, 0.25) is 0 Å². The minimum Gasteiger partial charge on any atom is -0.345 e. The van der Waals surface area contributed by atoms with Gasteiger partial charge in [0.05, 0.1) is 10.5 Å². The highest BCUT2D eigenvalue weighted by molar-refractivity contribution is 7.90. The van der Waals surface area contributed by atoms with Crippen LogP contribution in [0.3, 0.4) is 0 Å². The molecule has 0 bridgehead atoms. The summed E-state index contributed by atoms with van der Waals surface area (Å²) in [7, 11) is -1.73. The molecule has 2 atom stereocenters. The standard InChI is InChI=1S/C24H22FN5O2S/c1-30-15-22-20(23(30)24(31)28-19-10-12-21(25)17(13-19)14-26)11-9-18(29-33(22,27)32)8-7-16-5-3-2-4-6-16/h2-6,9-13,15,18H,7-8H2,1H3,(H,28,31)(H2,27,29,32)/t18-,33?/m0/s1. The quantitative estimate of drug-likeness (QED) is 0.527. The summed E-state index contributed by atoms with van der Waals surface area (Å²) in [5, 5.41) is 11.7. The van der Waals surface area contributed by atoms with Gasteiger partial charge in [0.1, 0.15) is 27.5 Å². The van der Waals surface area contributed by atoms with Gasteiger partial charge in [-0.05, 0) is 36.6 Å². The molecule has 7 nitrogen and oxygen atoms in total. The van der Waals surface area contributed by atoms with E-state index in [2.05, 4.69) is 10.0 Å². The summed E-state index contributed by atoms with van der Waals surface area (Å²) in [4.78, 5) is 13.3. The van der Waals surface area contributed by atoms with Crippen molar-refractivity contribution in [1.82, 2.24) is 9.29 Å². The van der Waals surface area contributed by atoms with Gasteiger partial charge in [-0.2, -0.15) is 5.26 Å². The average molecular weight is 464 g/mol. The normalized spacial score (nSPS) is 19.4. The predicted octanol–water partition coefficient (Wildman–Crippen LogP) is 4.23. The lowest BCUT2D eigenvalue weighted by atomic mass is 10.0. The van der Waals surface area contributed by atoms with Crippen molar-refractivity contribution in [3.63, 3.8) is 0 Å². The summed E-state index contributed by atoms with van der Waals surface area (Å²) in [6.07, 6.45) is 6.45. The lowest BCUT2D eigenvalue weighted by Gasteiger charge is -2.15. The fourth-order valence-electron chi connectivity index (χ4n) is 3.82. The molecule has 9 heteroatoms. The van der Waals surface area contributed by atoms with Crippen LogP contribution in [0.25, 0.3) is 6.08 Å². The Balaban J connectivity index is 1.61. The number of rotatable bonds is 5. The van der Waals surface area contributed by atoms with E-state index in [1.807, 2.05) is 36.4 Å². The van der Waals surface area contributed by atoms with E-state index in [4.69, 9.17) is 10.0 Å². The number of nitrogens with zero attached hydrogens (tertiary/aromatic N) is 2. The van der Waals surface area contributed by atoms with Gasteiger partial charge in [-0.1, -0.05) is 42.5 Å². The predicted molar refractivity (Wildman–Crippen MR) is 124 cm³/mol. The van der Waals surface area contributed by atoms with E-state index in [0.29, 0.717) is 12.0 Å². The zero-order valence-electron chi connectivity index (χ0n) is 17.8. The summed E-state index contributed by atoms with van der Waals surface area (Å²) < 4.78 is 39.7. The molecule has 33 heavy (non-hydrogen) atoms. The maximum Gasteiger partial charge on any atom is 0.272 e. The zero-order chi connectivity index (χ0) is 23.6. The molecule has 0 saturated carbocycles. The molecular formula is C24H22FN5O2S. The number of hydrogen-bond acceptors (Lipinski definition) is 4. The van der Waals surface area contributed by atoms with Crippen molar-refractivity contribution < 1.29 is 13.4 Å². The number of aromatic nitrogens is 1. The van der Waals surface area contributed by atoms with Crippen LogP contribution in [0.2, 0.25) is 0 Å². The van der Waals surface area contributed by atoms with Gasteiger partial charge in [-0.3, -0.25) is 4.79 Å². The van der Waals surface area contributed by atoms with Crippen LogP contribution in [-0.2, 0) is 23.4 Å². The number of nitrogens with one attached hydrogen (secondary N) is 3. The number of halogens is 1. The van der Waals surface area contributed by atoms with Gasteiger partial charge < -0.3 is 9.88 Å². The first-order valence-electron chi connectivity index (χ1n) is 10.3. The van der Waals surface area contributed by atoms with Crippen LogP contribution in [0.5, 0.6) is 0 Å². The van der Waals surface area contributed by atoms with Crippen molar-refractivity contribution in [3.05, 3.63) is 89.0 Å². The monoisotopic (exact) mass is 463 g/mol. The van der Waals surface area contributed by atoms with Crippen molar-refractivity contribution in [2.75, 3.05) is 5.32 Å². The summed E-state index contributed by atoms with van der Waals surface area (Å²) in [6, 6.07) is 15.0. The van der Waals surface area contributed by atoms with E-state index in [1.165, 1.54) is 22.9 Å². The fraction of sp³-hybridized carbons (Fsp3) is 0.167. The summed E-state index contributed by atoms with van der Waals surface area (Å²) in [5.41, 5.74) is 1.83. The third kappa shape index (κ3) is 4.72. The molecule has 3 N–H and O–H groups in total. The summed E-state index contributed by atoms with van der Waals surface area (Å²) >= 11 is 0. The van der Waals surface area contributed by atoms with Gasteiger partial charge in [-0.25, -0.2) is 18.1 Å². The highest BCUT2D eigenvalue weighted by Gasteiger charge is 2.28. The van der Waals surface area contributed by atoms with E-state index >= 15 is 0 Å². The van der Waals surface area contributed by atoms with Crippen LogP contribution >= 0.6 is 0 Å². The maximum absolute atomic E-state index is 13.6. The van der Waals surface area contributed by atoms with Crippen molar-refractivity contribution >= 4 is 27.6 Å². The highest BCUT2D eigenvalue weighted by atomic mass is 32.2. The lowest BCUT2D eigenvalue weighted by molar-refractivity contribution is 0.101. The molecule has 2 heterocycles. The zero-order valence-corrected chi connectivity index (χ0v) is 18.7. The molecule has 1 aliphatic rings. The molecule has 0 radical (unpaired) electrons. The van der Waals surface area contributed by atoms with Gasteiger partial charge >= 0.3 is 0 Å². The van der Waals surface area contributed by atoms with Crippen LogP contribution < -0.4 is 10.0 Å². The Morgan fingerprint density at radius 1 is 1.30 bits per heavy atom. The minimum absolute atomic E-state index is 0.182. The van der Waals surface area contributed by atoms with E-state index in [9.17, 15) is 13.4 Å². The van der Waals surface area contributed by atoms with Crippen molar-refractivity contribution in [1.29, 1.82) is 10.0 Å². The molecule has 0 saturated heterocycles. The van der Waals surface area contributed by atoms with E-state index in [0.717, 1.165) is 18.1 Å². The first kappa shape index (κ1) is 22.5. The lowest BCUT2D eigenvalue weighted by Crippen LogP contribution is -2.32. The van der Waals surface area contributed by atoms with Gasteiger partial charge in [0.25, 0.3) is 5.91 Å². The third-order valence-electron chi connectivity index (χ3n) is 5.45. The molecule has 3 aromatic rings. The molecule has 1 amide bonds. The number of aryl methyl sites for hydroxylation is 2. The number of benzene rings is 2. The number of carbonyl (C=O) groups excluding carboxylic acids is 1. The van der Waals surface area contributed by atoms with Gasteiger partial charge in [-0.15, -0.1) is 0 Å². The molecule has 0 aliphatic carbocycles. The maximum atomic E-state index is 13.6. The van der Waals surface area contributed by atoms with Crippen molar-refractivity contribution in [3.8, 4) is 6.07 Å². The molecule has 2 aromatic carbocycles. The summed E-state index contributed by atoms with van der Waals surface area (Å²) in [5.74, 6) is -1.19. The first-order valence-corrected chi connectivity index (χ1v) is 11.8. The number of nitriles is 1. The van der Waals surface area contributed by atoms with Crippen LogP contribution in [-0.4, -0.2) is 20.7 Å². The Morgan fingerprint density at radius 2 is 2.06 bits per heavy atom. The Hall–Kier alpha value is -3.74. The van der Waals surface area contributed by atoms with E-state index in [-0.39, 0.29) is 27.9 Å². The van der Waals surface area contributed by atoms with Crippen LogP contribution in [0.15, 0.2) is 65.7 Å². The molecule has 1 aliphatic heterocycles. The number of amides is 1. The topological polar surface area (TPSA) is 111 Å². The van der Waals surface area contributed by atoms with E-state index < -0.39 is 21.6 Å². The second-order valence-electron chi connectivity index (χ2n) is 7.79. The second kappa shape index (κ2) is 9.02. The summed E-state index contributed by atoms with van der Waals surface area (Å²) in [6.45, 7) is 0. The number of carbonyl (C=O) groups is 1. The van der Waals surface area contributed by atoms with Crippen LogP contribution in [0.1, 0.15) is 33.6 Å². The number of fused-ring (bicyclic) bond motifs is 1. The van der Waals surface area contributed by atoms with Gasteiger partial charge in [0, 0.05) is 30.5 Å². The van der Waals surface area contributed by atoms with E-state index in [1.54, 1.807) is 19.2 Å². The Bertz CT molecular complexity index is 1390. The molecule has 1 unspecified atom stereocenters. The molecular weight excluding hydrogens is 441 g/mol. The first-order chi connectivity index (χ1) is 15.8. The molecule has 168 valence electrons. The van der Waals surface area contributed by atoms with Crippen molar-refractivity contribution in [2.45, 2.75) is 23.8 Å². The van der Waals surface area contributed by atoms with Crippen LogP contribution in [0, 0.1) is 21.9 Å². The fourth-order valence-corrected chi connectivity index (χ4v) is 5.35. The second-order valence-corrected chi connectivity index (χ2v) is 9.58. The molecule has 0 fully saturated rings. The Labute approximate surface area is 191 Å². The minimum atomic E-state index is -3.36. The third-order valence-corrected chi connectivity index (χ3v) is 7.03. The van der Waals surface area contributed by atoms with Crippen LogP contribution in [0.4, 0.5) is 10.1 Å². The Kier molecular flexibility index (Phi) is 6.14. The molecule has 1 aromatic heterocycles. The number of anilines is 1. The largest absolute Gasteiger partial charge is 0.345 e. The highest BCUT2D eigenvalue weighted by Crippen LogP contribution is 2.28. The SMILES string of the molecule is Cn1cc2c(c1C(=O)Nc1ccc(F)c(C#N)c1)C=C[C@H](CCc1ccccc1)NS2(=N)=O. The number of hydrogen-bond donors (Lipinski definition) is 3. The Morgan fingerprint density at radius 3 is 2.79 bits per heavy atom. The molecule has 0 spiro atoms. The smallest absolute Gasteiger partial charge is 0.272 e. The average Bonchev–Trinajstić information content (AvgIpc) is 3.08. The molecule has 4 rings (SSSR count). The van der Waals surface area contributed by atoms with Crippen molar-refractivity contribution in [2.24, 2.45) is 7.05 Å². The van der Waals surface area contributed by atoms with Gasteiger partial charge in [0.15, 0.2) is 0 Å².